The van der Waals surface area contributed by atoms with Crippen molar-refractivity contribution in [2.75, 3.05) is 0 Å². The van der Waals surface area contributed by atoms with Crippen molar-refractivity contribution in [1.82, 2.24) is 19.3 Å². The molecule has 0 radical (unpaired) electrons. The summed E-state index contributed by atoms with van der Waals surface area (Å²) in [5, 5.41) is 13.2. The number of rotatable bonds is 4. The van der Waals surface area contributed by atoms with E-state index in [1.54, 1.807) is 24.3 Å². The molecule has 142 valence electrons. The number of carboxylic acids is 1. The van der Waals surface area contributed by atoms with Gasteiger partial charge in [-0.25, -0.2) is 9.59 Å². The second kappa shape index (κ2) is 6.69. The topological polar surface area (TPSA) is 123 Å². The summed E-state index contributed by atoms with van der Waals surface area (Å²) in [7, 11) is 1.51. The van der Waals surface area contributed by atoms with Crippen molar-refractivity contribution in [3.8, 4) is 11.4 Å². The molecule has 1 aromatic carbocycles. The van der Waals surface area contributed by atoms with Gasteiger partial charge in [0.2, 0.25) is 0 Å². The molecular weight excluding hydrogens is 404 g/mol. The third kappa shape index (κ3) is 3.00. The maximum absolute atomic E-state index is 12.8. The van der Waals surface area contributed by atoms with Gasteiger partial charge < -0.3 is 9.63 Å². The van der Waals surface area contributed by atoms with E-state index in [-0.39, 0.29) is 21.6 Å². The van der Waals surface area contributed by atoms with E-state index in [0.717, 1.165) is 27.0 Å². The maximum Gasteiger partial charge on any atom is 0.345 e. The molecule has 28 heavy (non-hydrogen) atoms. The summed E-state index contributed by atoms with van der Waals surface area (Å²) < 4.78 is 7.20. The zero-order chi connectivity index (χ0) is 20.0. The number of nitrogens with zero attached hydrogens (tertiary/aromatic N) is 3. The van der Waals surface area contributed by atoms with Crippen LogP contribution in [0, 0.1) is 4.84 Å². The Bertz CT molecular complexity index is 1390. The van der Waals surface area contributed by atoms with Crippen LogP contribution in [-0.2, 0) is 13.6 Å². The Morgan fingerprint density at radius 1 is 1.32 bits per heavy atom. The number of aromatic nitrogens is 4. The van der Waals surface area contributed by atoms with Crippen molar-refractivity contribution in [2.24, 2.45) is 7.05 Å². The standard InChI is InChI=1S/C17H12N4O5S2/c1-20-14-10(6-11(28-14)15(23)24)13(22)21(17(20)25)7-8-2-4-9(5-3-8)12-18-16(27)26-19-12/h2-6H,7H2,1H3,(H,23,24)(H,18,19,27). The van der Waals surface area contributed by atoms with E-state index in [9.17, 15) is 14.4 Å². The number of hydrogen-bond acceptors (Lipinski definition) is 7. The van der Waals surface area contributed by atoms with Crippen molar-refractivity contribution in [3.63, 3.8) is 0 Å². The number of fused-ring (bicyclic) bond motifs is 1. The summed E-state index contributed by atoms with van der Waals surface area (Å²) >= 11 is 5.75. The van der Waals surface area contributed by atoms with E-state index >= 15 is 0 Å². The lowest BCUT2D eigenvalue weighted by Gasteiger charge is -2.08. The monoisotopic (exact) mass is 416 g/mol. The molecule has 4 rings (SSSR count). The van der Waals surface area contributed by atoms with Crippen molar-refractivity contribution in [2.45, 2.75) is 6.54 Å². The Balaban J connectivity index is 1.75. The van der Waals surface area contributed by atoms with E-state index in [2.05, 4.69) is 10.1 Å². The predicted octanol–water partition coefficient (Wildman–Crippen LogP) is 2.22. The van der Waals surface area contributed by atoms with E-state index in [4.69, 9.17) is 21.8 Å². The summed E-state index contributed by atoms with van der Waals surface area (Å²) in [4.78, 5) is 39.9. The van der Waals surface area contributed by atoms with Gasteiger partial charge in [-0.3, -0.25) is 18.9 Å². The van der Waals surface area contributed by atoms with Crippen molar-refractivity contribution in [1.29, 1.82) is 0 Å². The summed E-state index contributed by atoms with van der Waals surface area (Å²) in [6.07, 6.45) is 0. The molecule has 0 amide bonds. The number of carbonyl (C=O) groups is 1. The quantitative estimate of drug-likeness (QED) is 0.489. The summed E-state index contributed by atoms with van der Waals surface area (Å²) in [5.74, 6) is -0.660. The number of hydrogen-bond donors (Lipinski definition) is 2. The fourth-order valence-electron chi connectivity index (χ4n) is 2.83. The fourth-order valence-corrected chi connectivity index (χ4v) is 3.91. The van der Waals surface area contributed by atoms with Gasteiger partial charge in [-0.2, -0.15) is 0 Å². The maximum atomic E-state index is 12.8. The normalized spacial score (nSPS) is 11.2. The molecule has 0 bridgehead atoms. The molecule has 0 aliphatic heterocycles. The van der Waals surface area contributed by atoms with E-state index in [1.165, 1.54) is 17.7 Å². The predicted molar refractivity (Wildman–Crippen MR) is 105 cm³/mol. The van der Waals surface area contributed by atoms with Crippen molar-refractivity contribution >= 4 is 39.7 Å². The average molecular weight is 416 g/mol. The SMILES string of the molecule is Cn1c(=O)n(Cc2ccc(-c3noc(=S)[nH]3)cc2)c(=O)c2cc(C(=O)O)sc21. The first-order valence-electron chi connectivity index (χ1n) is 7.97. The molecule has 0 saturated carbocycles. The highest BCUT2D eigenvalue weighted by Crippen LogP contribution is 2.22. The van der Waals surface area contributed by atoms with Gasteiger partial charge in [0.1, 0.15) is 9.71 Å². The van der Waals surface area contributed by atoms with E-state index < -0.39 is 17.2 Å². The summed E-state index contributed by atoms with van der Waals surface area (Å²) in [6, 6.07) is 8.34. The fraction of sp³-hybridized carbons (Fsp3) is 0.118. The molecule has 3 aromatic heterocycles. The van der Waals surface area contributed by atoms with Crippen LogP contribution >= 0.6 is 23.6 Å². The van der Waals surface area contributed by atoms with Crippen LogP contribution in [-0.4, -0.2) is 30.4 Å². The van der Waals surface area contributed by atoms with Crippen LogP contribution in [0.25, 0.3) is 21.6 Å². The third-order valence-corrected chi connectivity index (χ3v) is 5.61. The Kier molecular flexibility index (Phi) is 4.32. The lowest BCUT2D eigenvalue weighted by atomic mass is 10.1. The highest BCUT2D eigenvalue weighted by molar-refractivity contribution is 7.71. The number of aromatic carboxylic acids is 1. The second-order valence-corrected chi connectivity index (χ2v) is 7.41. The van der Waals surface area contributed by atoms with Crippen LogP contribution in [0.1, 0.15) is 15.2 Å². The molecule has 0 atom stereocenters. The first-order valence-corrected chi connectivity index (χ1v) is 9.19. The first kappa shape index (κ1) is 18.1. The summed E-state index contributed by atoms with van der Waals surface area (Å²) in [6.45, 7) is 0.0504. The first-order chi connectivity index (χ1) is 13.3. The van der Waals surface area contributed by atoms with Crippen LogP contribution in [0.2, 0.25) is 0 Å². The van der Waals surface area contributed by atoms with Gasteiger partial charge in [0.25, 0.3) is 10.4 Å². The van der Waals surface area contributed by atoms with Gasteiger partial charge in [0.05, 0.1) is 11.9 Å². The van der Waals surface area contributed by atoms with E-state index in [0.29, 0.717) is 10.7 Å². The minimum atomic E-state index is -1.14. The zero-order valence-electron chi connectivity index (χ0n) is 14.3. The Labute approximate surface area is 165 Å². The van der Waals surface area contributed by atoms with Crippen LogP contribution < -0.4 is 11.2 Å². The van der Waals surface area contributed by atoms with Crippen molar-refractivity contribution < 1.29 is 14.4 Å². The molecule has 0 aliphatic carbocycles. The smallest absolute Gasteiger partial charge is 0.345 e. The summed E-state index contributed by atoms with van der Waals surface area (Å²) in [5.41, 5.74) is 0.425. The number of aryl methyl sites for hydroxylation is 1. The molecule has 0 aliphatic rings. The Morgan fingerprint density at radius 3 is 2.64 bits per heavy atom. The molecule has 4 aromatic rings. The number of carboxylic acid groups (broad SMARTS) is 1. The lowest BCUT2D eigenvalue weighted by Crippen LogP contribution is -2.38. The van der Waals surface area contributed by atoms with Gasteiger partial charge in [-0.05, 0) is 23.8 Å². The number of H-pyrrole nitrogens is 1. The minimum absolute atomic E-state index is 0.00850. The molecule has 0 spiro atoms. The molecule has 9 nitrogen and oxygen atoms in total. The van der Waals surface area contributed by atoms with Crippen LogP contribution in [0.5, 0.6) is 0 Å². The molecule has 0 unspecified atom stereocenters. The Hall–Kier alpha value is -3.31. The highest BCUT2D eigenvalue weighted by atomic mass is 32.1. The molecule has 0 saturated heterocycles. The van der Waals surface area contributed by atoms with Gasteiger partial charge in [-0.1, -0.05) is 29.4 Å². The van der Waals surface area contributed by atoms with Crippen LogP contribution in [0.4, 0.5) is 0 Å². The number of thiophene rings is 1. The van der Waals surface area contributed by atoms with Gasteiger partial charge in [-0.15, -0.1) is 11.3 Å². The molecule has 0 fully saturated rings. The number of benzene rings is 1. The van der Waals surface area contributed by atoms with Crippen LogP contribution in [0.15, 0.2) is 44.4 Å². The molecule has 3 heterocycles. The largest absolute Gasteiger partial charge is 0.477 e. The minimum Gasteiger partial charge on any atom is -0.477 e. The van der Waals surface area contributed by atoms with Crippen LogP contribution in [0.3, 0.4) is 0 Å². The van der Waals surface area contributed by atoms with Crippen molar-refractivity contribution in [3.05, 3.63) is 66.4 Å². The average Bonchev–Trinajstić information content (AvgIpc) is 3.31. The van der Waals surface area contributed by atoms with Gasteiger partial charge in [0.15, 0.2) is 5.82 Å². The molecule has 2 N–H and O–H groups in total. The third-order valence-electron chi connectivity index (χ3n) is 4.23. The van der Waals surface area contributed by atoms with Gasteiger partial charge in [0, 0.05) is 12.6 Å². The highest BCUT2D eigenvalue weighted by Gasteiger charge is 2.17. The molecular formula is C17H12N4O5S2. The zero-order valence-corrected chi connectivity index (χ0v) is 16.0. The lowest BCUT2D eigenvalue weighted by molar-refractivity contribution is 0.0702. The second-order valence-electron chi connectivity index (χ2n) is 6.01. The Morgan fingerprint density at radius 2 is 2.04 bits per heavy atom. The number of nitrogens with one attached hydrogen (secondary N) is 1. The number of aromatic amines is 1. The van der Waals surface area contributed by atoms with Gasteiger partial charge >= 0.3 is 11.7 Å². The van der Waals surface area contributed by atoms with E-state index in [1.807, 2.05) is 0 Å². The molecule has 11 heteroatoms.